The van der Waals surface area contributed by atoms with Crippen LogP contribution in [0, 0.1) is 34.5 Å². The van der Waals surface area contributed by atoms with E-state index < -0.39 is 11.6 Å². The maximum absolute atomic E-state index is 14.1. The van der Waals surface area contributed by atoms with Gasteiger partial charge in [0.2, 0.25) is 0 Å². The van der Waals surface area contributed by atoms with Crippen molar-refractivity contribution in [3.05, 3.63) is 0 Å². The maximum Gasteiger partial charge on any atom is 0.173 e. The van der Waals surface area contributed by atoms with Crippen LogP contribution >= 0.6 is 0 Å². The third-order valence-electron chi connectivity index (χ3n) is 8.30. The number of carbonyl (C=O) groups is 1. The van der Waals surface area contributed by atoms with Gasteiger partial charge in [-0.1, -0.05) is 26.7 Å². The number of Topliss-reactive ketones (excluding diaryl/α,β-unsaturated/α-hetero) is 1. The standard InChI is InChI=1S/C19H29FO2/c1-18-7-4-3-5-11(18)9-15(21)16-12(18)6-8-19(2)13(16)10-14(20)17(19)22/h11-16,21H,3-10H2,1-2H3/t11-,12-,13-,14+,15-,16+,18-,19-/m0/s1. The van der Waals surface area contributed by atoms with Crippen molar-refractivity contribution in [2.45, 2.75) is 77.5 Å². The Bertz CT molecular complexity index is 492. The SMILES string of the molecule is C[C@]12CCCC[C@H]1C[C@H](O)[C@@H]1[C@@H]2CC[C@]2(C)C(=O)[C@H](F)C[C@@H]12. The summed E-state index contributed by atoms with van der Waals surface area (Å²) in [6.45, 7) is 4.39. The van der Waals surface area contributed by atoms with Crippen LogP contribution in [-0.2, 0) is 4.79 Å². The van der Waals surface area contributed by atoms with Gasteiger partial charge in [-0.15, -0.1) is 0 Å². The molecule has 8 atom stereocenters. The molecule has 4 aliphatic rings. The second-order valence-electron chi connectivity index (χ2n) is 9.07. The summed E-state index contributed by atoms with van der Waals surface area (Å²) in [5.74, 6) is 1.13. The molecule has 22 heavy (non-hydrogen) atoms. The molecule has 0 amide bonds. The average Bonchev–Trinajstić information content (AvgIpc) is 2.71. The molecule has 0 bridgehead atoms. The first-order valence-corrected chi connectivity index (χ1v) is 9.24. The smallest absolute Gasteiger partial charge is 0.173 e. The fraction of sp³-hybridized carbons (Fsp3) is 0.947. The molecule has 0 aromatic rings. The van der Waals surface area contributed by atoms with Crippen molar-refractivity contribution >= 4 is 5.78 Å². The Balaban J connectivity index is 1.71. The van der Waals surface area contributed by atoms with Crippen LogP contribution in [0.3, 0.4) is 0 Å². The van der Waals surface area contributed by atoms with Crippen LogP contribution in [0.25, 0.3) is 0 Å². The number of fused-ring (bicyclic) bond motifs is 5. The Morgan fingerprint density at radius 2 is 1.86 bits per heavy atom. The average molecular weight is 308 g/mol. The minimum atomic E-state index is -1.29. The third-order valence-corrected chi connectivity index (χ3v) is 8.30. The molecular weight excluding hydrogens is 279 g/mol. The zero-order chi connectivity index (χ0) is 15.7. The Kier molecular flexibility index (Phi) is 3.28. The van der Waals surface area contributed by atoms with Gasteiger partial charge in [0.15, 0.2) is 12.0 Å². The van der Waals surface area contributed by atoms with Crippen LogP contribution in [0.15, 0.2) is 0 Å². The highest BCUT2D eigenvalue weighted by Crippen LogP contribution is 2.65. The summed E-state index contributed by atoms with van der Waals surface area (Å²) in [4.78, 5) is 12.3. The number of aliphatic hydroxyl groups is 1. The molecule has 2 nitrogen and oxygen atoms in total. The van der Waals surface area contributed by atoms with Crippen LogP contribution < -0.4 is 0 Å². The number of carbonyl (C=O) groups excluding carboxylic acids is 1. The number of rotatable bonds is 0. The minimum Gasteiger partial charge on any atom is -0.393 e. The fourth-order valence-corrected chi connectivity index (χ4v) is 7.01. The van der Waals surface area contributed by atoms with Gasteiger partial charge in [0, 0.05) is 5.41 Å². The van der Waals surface area contributed by atoms with E-state index in [1.54, 1.807) is 0 Å². The van der Waals surface area contributed by atoms with Crippen molar-refractivity contribution < 1.29 is 14.3 Å². The van der Waals surface area contributed by atoms with Gasteiger partial charge in [0.05, 0.1) is 6.10 Å². The van der Waals surface area contributed by atoms with E-state index >= 15 is 0 Å². The van der Waals surface area contributed by atoms with E-state index in [1.165, 1.54) is 25.7 Å². The van der Waals surface area contributed by atoms with E-state index in [0.717, 1.165) is 19.3 Å². The van der Waals surface area contributed by atoms with Gasteiger partial charge in [0.1, 0.15) is 0 Å². The monoisotopic (exact) mass is 308 g/mol. The first-order valence-electron chi connectivity index (χ1n) is 9.24. The van der Waals surface area contributed by atoms with Gasteiger partial charge >= 0.3 is 0 Å². The lowest BCUT2D eigenvalue weighted by atomic mass is 9.44. The molecule has 3 heteroatoms. The lowest BCUT2D eigenvalue weighted by molar-refractivity contribution is -0.163. The number of aliphatic hydroxyl groups excluding tert-OH is 1. The highest BCUT2D eigenvalue weighted by molar-refractivity contribution is 5.91. The van der Waals surface area contributed by atoms with E-state index in [9.17, 15) is 14.3 Å². The number of hydrogen-bond donors (Lipinski definition) is 1. The molecule has 0 radical (unpaired) electrons. The molecule has 0 aromatic heterocycles. The number of alkyl halides is 1. The Morgan fingerprint density at radius 3 is 2.64 bits per heavy atom. The van der Waals surface area contributed by atoms with Gasteiger partial charge < -0.3 is 5.11 Å². The zero-order valence-electron chi connectivity index (χ0n) is 13.9. The van der Waals surface area contributed by atoms with Crippen LogP contribution in [0.4, 0.5) is 4.39 Å². The van der Waals surface area contributed by atoms with Gasteiger partial charge in [-0.2, -0.15) is 0 Å². The van der Waals surface area contributed by atoms with Gasteiger partial charge in [-0.25, -0.2) is 4.39 Å². The van der Waals surface area contributed by atoms with Crippen molar-refractivity contribution in [2.75, 3.05) is 0 Å². The summed E-state index contributed by atoms with van der Waals surface area (Å²) in [6, 6.07) is 0. The van der Waals surface area contributed by atoms with Crippen molar-refractivity contribution in [1.29, 1.82) is 0 Å². The number of ketones is 1. The summed E-state index contributed by atoms with van der Waals surface area (Å²) in [7, 11) is 0. The molecular formula is C19H29FO2. The molecule has 0 saturated heterocycles. The van der Waals surface area contributed by atoms with Gasteiger partial charge in [0.25, 0.3) is 0 Å². The summed E-state index contributed by atoms with van der Waals surface area (Å²) in [5.41, 5.74) is -0.208. The number of hydrogen-bond acceptors (Lipinski definition) is 2. The predicted octanol–water partition coefficient (Wildman–Crippen LogP) is 3.91. The Labute approximate surface area is 132 Å². The van der Waals surface area contributed by atoms with Gasteiger partial charge in [-0.3, -0.25) is 4.79 Å². The molecule has 4 rings (SSSR count). The molecule has 4 saturated carbocycles. The first-order chi connectivity index (χ1) is 10.4. The molecule has 0 unspecified atom stereocenters. The van der Waals surface area contributed by atoms with Crippen LogP contribution in [0.5, 0.6) is 0 Å². The zero-order valence-corrected chi connectivity index (χ0v) is 13.9. The van der Waals surface area contributed by atoms with Crippen molar-refractivity contribution in [2.24, 2.45) is 34.5 Å². The van der Waals surface area contributed by atoms with Crippen LogP contribution in [0.1, 0.15) is 65.2 Å². The van der Waals surface area contributed by atoms with E-state index in [0.29, 0.717) is 23.7 Å². The highest BCUT2D eigenvalue weighted by atomic mass is 19.1. The summed E-state index contributed by atoms with van der Waals surface area (Å²) >= 11 is 0. The Morgan fingerprint density at radius 1 is 1.09 bits per heavy atom. The number of halogens is 1. The first kappa shape index (κ1) is 15.1. The maximum atomic E-state index is 14.1. The molecule has 1 N–H and O–H groups in total. The van der Waals surface area contributed by atoms with Crippen LogP contribution in [0.2, 0.25) is 0 Å². The molecule has 0 aliphatic heterocycles. The van der Waals surface area contributed by atoms with E-state index in [2.05, 4.69) is 6.92 Å². The normalized spacial score (nSPS) is 57.9. The molecule has 124 valence electrons. The third kappa shape index (κ3) is 1.78. The largest absolute Gasteiger partial charge is 0.393 e. The second-order valence-corrected chi connectivity index (χ2v) is 9.07. The molecule has 0 spiro atoms. The predicted molar refractivity (Wildman–Crippen MR) is 83.0 cm³/mol. The molecule has 0 heterocycles. The fourth-order valence-electron chi connectivity index (χ4n) is 7.01. The van der Waals surface area contributed by atoms with E-state index in [-0.39, 0.29) is 23.7 Å². The van der Waals surface area contributed by atoms with Crippen molar-refractivity contribution in [3.8, 4) is 0 Å². The summed E-state index contributed by atoms with van der Waals surface area (Å²) in [6.07, 6.45) is 6.50. The van der Waals surface area contributed by atoms with Crippen LogP contribution in [-0.4, -0.2) is 23.2 Å². The topological polar surface area (TPSA) is 37.3 Å². The second kappa shape index (κ2) is 4.78. The van der Waals surface area contributed by atoms with Crippen molar-refractivity contribution in [3.63, 3.8) is 0 Å². The molecule has 4 aliphatic carbocycles. The lowest BCUT2D eigenvalue weighted by Gasteiger charge is -2.60. The Hall–Kier alpha value is -0.440. The van der Waals surface area contributed by atoms with E-state index in [4.69, 9.17) is 0 Å². The summed E-state index contributed by atoms with van der Waals surface area (Å²) in [5, 5.41) is 10.9. The highest BCUT2D eigenvalue weighted by Gasteiger charge is 2.64. The van der Waals surface area contributed by atoms with Gasteiger partial charge in [-0.05, 0) is 67.6 Å². The van der Waals surface area contributed by atoms with E-state index in [1.807, 2.05) is 6.92 Å². The summed E-state index contributed by atoms with van der Waals surface area (Å²) < 4.78 is 14.1. The minimum absolute atomic E-state index is 0.0588. The van der Waals surface area contributed by atoms with Crippen molar-refractivity contribution in [1.82, 2.24) is 0 Å². The lowest BCUT2D eigenvalue weighted by Crippen LogP contribution is -2.57. The molecule has 4 fully saturated rings. The quantitative estimate of drug-likeness (QED) is 0.737. The molecule has 0 aromatic carbocycles.